The van der Waals surface area contributed by atoms with E-state index in [4.69, 9.17) is 4.42 Å². The van der Waals surface area contributed by atoms with Gasteiger partial charge >= 0.3 is 0 Å². The van der Waals surface area contributed by atoms with E-state index in [0.29, 0.717) is 0 Å². The summed E-state index contributed by atoms with van der Waals surface area (Å²) in [5.74, 6) is 0.758. The quantitative estimate of drug-likeness (QED) is 0.594. The lowest BCUT2D eigenvalue weighted by Gasteiger charge is -1.96. The van der Waals surface area contributed by atoms with Crippen LogP contribution in [0.3, 0.4) is 0 Å². The van der Waals surface area contributed by atoms with Gasteiger partial charge in [0, 0.05) is 4.90 Å². The molecule has 2 aromatic carbocycles. The normalized spacial score (nSPS) is 11.1. The maximum Gasteiger partial charge on any atom is 0.165 e. The first-order valence-corrected chi connectivity index (χ1v) is 7.55. The molecule has 0 N–H and O–H groups in total. The van der Waals surface area contributed by atoms with Crippen LogP contribution in [-0.4, -0.2) is 6.21 Å². The van der Waals surface area contributed by atoms with Gasteiger partial charge in [0.05, 0.1) is 11.9 Å². The van der Waals surface area contributed by atoms with Gasteiger partial charge in [-0.25, -0.2) is 0 Å². The van der Waals surface area contributed by atoms with Crippen molar-refractivity contribution >= 4 is 23.7 Å². The lowest BCUT2D eigenvalue weighted by Crippen LogP contribution is -1.75. The fourth-order valence-electron chi connectivity index (χ4n) is 1.83. The summed E-state index contributed by atoms with van der Waals surface area (Å²) in [4.78, 5) is 5.57. The van der Waals surface area contributed by atoms with Gasteiger partial charge in [-0.15, -0.1) is 0 Å². The van der Waals surface area contributed by atoms with Gasteiger partial charge in [-0.05, 0) is 43.3 Å². The molecule has 21 heavy (non-hydrogen) atoms. The second-order valence-corrected chi connectivity index (χ2v) is 5.74. The van der Waals surface area contributed by atoms with Crippen molar-refractivity contribution in [2.24, 2.45) is 4.99 Å². The zero-order valence-electron chi connectivity index (χ0n) is 11.7. The minimum Gasteiger partial charge on any atom is -0.449 e. The van der Waals surface area contributed by atoms with E-state index in [1.807, 2.05) is 54.6 Å². The molecule has 1 heterocycles. The molecule has 0 aliphatic heterocycles. The van der Waals surface area contributed by atoms with Crippen LogP contribution in [-0.2, 0) is 0 Å². The highest BCUT2D eigenvalue weighted by Gasteiger charge is 2.02. The fourth-order valence-corrected chi connectivity index (χ4v) is 2.63. The summed E-state index contributed by atoms with van der Waals surface area (Å²) in [6.07, 6.45) is 1.75. The summed E-state index contributed by atoms with van der Waals surface area (Å²) in [6, 6.07) is 22.2. The maximum absolute atomic E-state index is 5.75. The number of aryl methyl sites for hydroxylation is 1. The van der Waals surface area contributed by atoms with Gasteiger partial charge in [0.1, 0.15) is 5.76 Å². The number of nitrogens with zero attached hydrogens (tertiary/aromatic N) is 1. The topological polar surface area (TPSA) is 25.5 Å². The van der Waals surface area contributed by atoms with E-state index in [2.05, 4.69) is 24.0 Å². The van der Waals surface area contributed by atoms with Crippen LogP contribution < -0.4 is 0 Å². The highest BCUT2D eigenvalue weighted by Crippen LogP contribution is 2.28. The van der Waals surface area contributed by atoms with Crippen LogP contribution in [0.4, 0.5) is 5.69 Å². The molecule has 0 fully saturated rings. The first-order chi connectivity index (χ1) is 10.3. The van der Waals surface area contributed by atoms with Crippen molar-refractivity contribution in [1.82, 2.24) is 0 Å². The average Bonchev–Trinajstić information content (AvgIpc) is 2.95. The third kappa shape index (κ3) is 3.86. The molecule has 3 heteroatoms. The van der Waals surface area contributed by atoms with Gasteiger partial charge in [-0.3, -0.25) is 4.99 Å². The van der Waals surface area contributed by atoms with E-state index in [1.165, 1.54) is 5.56 Å². The van der Waals surface area contributed by atoms with Crippen molar-refractivity contribution in [2.75, 3.05) is 0 Å². The molecular weight excluding hydrogens is 278 g/mol. The lowest BCUT2D eigenvalue weighted by atomic mass is 10.2. The Balaban J connectivity index is 1.69. The number of furan rings is 1. The van der Waals surface area contributed by atoms with Crippen molar-refractivity contribution in [3.63, 3.8) is 0 Å². The Labute approximate surface area is 128 Å². The molecule has 3 aromatic rings. The third-order valence-corrected chi connectivity index (χ3v) is 3.87. The number of aliphatic imine (C=N–C) groups is 1. The van der Waals surface area contributed by atoms with Gasteiger partial charge in [0.2, 0.25) is 0 Å². The van der Waals surface area contributed by atoms with Crippen molar-refractivity contribution in [3.8, 4) is 0 Å². The molecule has 0 radical (unpaired) electrons. The number of rotatable bonds is 4. The van der Waals surface area contributed by atoms with E-state index in [1.54, 1.807) is 18.0 Å². The number of benzene rings is 2. The predicted molar refractivity (Wildman–Crippen MR) is 87.7 cm³/mol. The van der Waals surface area contributed by atoms with Crippen LogP contribution in [0.5, 0.6) is 0 Å². The molecule has 0 saturated heterocycles. The number of hydrogen-bond acceptors (Lipinski definition) is 3. The third-order valence-electron chi connectivity index (χ3n) is 2.94. The van der Waals surface area contributed by atoms with Crippen molar-refractivity contribution in [2.45, 2.75) is 16.9 Å². The lowest BCUT2D eigenvalue weighted by molar-refractivity contribution is 0.469. The van der Waals surface area contributed by atoms with Crippen LogP contribution in [0.15, 0.2) is 86.1 Å². The Hall–Kier alpha value is -2.26. The van der Waals surface area contributed by atoms with Gasteiger partial charge in [-0.1, -0.05) is 47.7 Å². The van der Waals surface area contributed by atoms with Crippen LogP contribution in [0.25, 0.3) is 0 Å². The van der Waals surface area contributed by atoms with Crippen LogP contribution in [0, 0.1) is 6.92 Å². The molecule has 0 atom stereocenters. The van der Waals surface area contributed by atoms with Crippen molar-refractivity contribution in [1.29, 1.82) is 0 Å². The van der Waals surface area contributed by atoms with E-state index in [-0.39, 0.29) is 0 Å². The Kier molecular flexibility index (Phi) is 4.22. The highest BCUT2D eigenvalue weighted by molar-refractivity contribution is 7.99. The van der Waals surface area contributed by atoms with Gasteiger partial charge in [0.15, 0.2) is 5.09 Å². The first kappa shape index (κ1) is 13.7. The van der Waals surface area contributed by atoms with E-state index in [0.717, 1.165) is 21.4 Å². The Bertz CT molecular complexity index is 729. The first-order valence-electron chi connectivity index (χ1n) is 6.73. The van der Waals surface area contributed by atoms with E-state index < -0.39 is 0 Å². The molecule has 0 unspecified atom stereocenters. The molecule has 0 spiro atoms. The van der Waals surface area contributed by atoms with E-state index in [9.17, 15) is 0 Å². The predicted octanol–water partition coefficient (Wildman–Crippen LogP) is 5.49. The number of hydrogen-bond donors (Lipinski definition) is 0. The second kappa shape index (κ2) is 6.46. The summed E-state index contributed by atoms with van der Waals surface area (Å²) < 4.78 is 5.75. The van der Waals surface area contributed by atoms with E-state index >= 15 is 0 Å². The second-order valence-electron chi connectivity index (χ2n) is 4.67. The molecule has 2 nitrogen and oxygen atoms in total. The van der Waals surface area contributed by atoms with Crippen LogP contribution in [0.1, 0.15) is 11.3 Å². The smallest absolute Gasteiger partial charge is 0.165 e. The highest BCUT2D eigenvalue weighted by atomic mass is 32.2. The molecule has 0 aliphatic rings. The summed E-state index contributed by atoms with van der Waals surface area (Å²) in [6.45, 7) is 2.06. The minimum absolute atomic E-state index is 0.758. The monoisotopic (exact) mass is 293 g/mol. The van der Waals surface area contributed by atoms with Gasteiger partial charge in [-0.2, -0.15) is 0 Å². The zero-order chi connectivity index (χ0) is 14.5. The van der Waals surface area contributed by atoms with Crippen LogP contribution >= 0.6 is 11.8 Å². The fraction of sp³-hybridized carbons (Fsp3) is 0.0556. The standard InChI is InChI=1S/C18H15NOS/c1-14-7-9-15(10-8-14)19-13-16-11-12-18(20-16)21-17-5-3-2-4-6-17/h2-13H,1H3. The molecular formula is C18H15NOS. The maximum atomic E-state index is 5.75. The van der Waals surface area contributed by atoms with Crippen molar-refractivity contribution in [3.05, 3.63) is 78.1 Å². The summed E-state index contributed by atoms with van der Waals surface area (Å²) in [7, 11) is 0. The Morgan fingerprint density at radius 3 is 2.43 bits per heavy atom. The zero-order valence-corrected chi connectivity index (χ0v) is 12.5. The van der Waals surface area contributed by atoms with Crippen molar-refractivity contribution < 1.29 is 4.42 Å². The summed E-state index contributed by atoms with van der Waals surface area (Å²) in [5, 5.41) is 0.867. The molecule has 0 saturated carbocycles. The van der Waals surface area contributed by atoms with Gasteiger partial charge in [0.25, 0.3) is 0 Å². The molecule has 104 valence electrons. The molecule has 0 bridgehead atoms. The minimum atomic E-state index is 0.758. The SMILES string of the molecule is Cc1ccc(N=Cc2ccc(Sc3ccccc3)o2)cc1. The molecule has 3 rings (SSSR count). The largest absolute Gasteiger partial charge is 0.449 e. The summed E-state index contributed by atoms with van der Waals surface area (Å²) >= 11 is 1.60. The molecule has 0 amide bonds. The van der Waals surface area contributed by atoms with Crippen LogP contribution in [0.2, 0.25) is 0 Å². The molecule has 0 aliphatic carbocycles. The molecule has 1 aromatic heterocycles. The Morgan fingerprint density at radius 1 is 0.905 bits per heavy atom. The van der Waals surface area contributed by atoms with Gasteiger partial charge < -0.3 is 4.42 Å². The summed E-state index contributed by atoms with van der Waals surface area (Å²) in [5.41, 5.74) is 2.16. The Morgan fingerprint density at radius 2 is 1.67 bits per heavy atom. The average molecular weight is 293 g/mol.